The lowest BCUT2D eigenvalue weighted by molar-refractivity contribution is -0.117. The van der Waals surface area contributed by atoms with E-state index in [2.05, 4.69) is 25.7 Å². The highest BCUT2D eigenvalue weighted by molar-refractivity contribution is 6.02. The first-order valence-corrected chi connectivity index (χ1v) is 8.64. The summed E-state index contributed by atoms with van der Waals surface area (Å²) in [6, 6.07) is 8.84. The Kier molecular flexibility index (Phi) is 4.36. The summed E-state index contributed by atoms with van der Waals surface area (Å²) in [6.45, 7) is 1.79. The number of fused-ring (bicyclic) bond motifs is 1. The van der Waals surface area contributed by atoms with Crippen molar-refractivity contribution in [3.05, 3.63) is 48.9 Å². The molecule has 0 saturated carbocycles. The maximum atomic E-state index is 12.3. The van der Waals surface area contributed by atoms with E-state index in [-0.39, 0.29) is 11.7 Å². The quantitative estimate of drug-likeness (QED) is 0.633. The molecule has 4 rings (SSSR count). The molecule has 10 heteroatoms. The van der Waals surface area contributed by atoms with Crippen LogP contribution in [0.15, 0.2) is 48.9 Å². The van der Waals surface area contributed by atoms with Crippen LogP contribution in [0.3, 0.4) is 0 Å². The summed E-state index contributed by atoms with van der Waals surface area (Å²) < 4.78 is 1.70. The van der Waals surface area contributed by atoms with Gasteiger partial charge in [-0.1, -0.05) is 37.3 Å². The largest absolute Gasteiger partial charge is 0.464 e. The fourth-order valence-corrected chi connectivity index (χ4v) is 3.10. The van der Waals surface area contributed by atoms with Crippen LogP contribution in [0.5, 0.6) is 0 Å². The highest BCUT2D eigenvalue weighted by atomic mass is 16.4. The van der Waals surface area contributed by atoms with Crippen LogP contribution in [-0.4, -0.2) is 42.7 Å². The summed E-state index contributed by atoms with van der Waals surface area (Å²) in [5.74, 6) is 0.891. The van der Waals surface area contributed by atoms with Crippen molar-refractivity contribution in [2.75, 3.05) is 10.3 Å². The Hall–Kier alpha value is -3.95. The van der Waals surface area contributed by atoms with Crippen molar-refractivity contribution < 1.29 is 14.7 Å². The summed E-state index contributed by atoms with van der Waals surface area (Å²) in [5, 5.41) is 13.2. The molecule has 3 N–H and O–H groups in total. The molecule has 1 aliphatic rings. The van der Waals surface area contributed by atoms with E-state index in [4.69, 9.17) is 0 Å². The lowest BCUT2D eigenvalue weighted by Gasteiger charge is -2.35. The van der Waals surface area contributed by atoms with Crippen LogP contribution in [-0.2, 0) is 4.79 Å². The number of carbonyl (C=O) groups excluding carboxylic acids is 1. The molecule has 2 aromatic heterocycles. The van der Waals surface area contributed by atoms with E-state index in [1.807, 2.05) is 30.3 Å². The van der Waals surface area contributed by atoms with Gasteiger partial charge in [0, 0.05) is 18.0 Å². The number of nitrogens with zero attached hydrogens (tertiary/aromatic N) is 5. The van der Waals surface area contributed by atoms with Crippen LogP contribution < -0.4 is 15.8 Å². The molecule has 28 heavy (non-hydrogen) atoms. The smallest absolute Gasteiger partial charge is 0.423 e. The minimum Gasteiger partial charge on any atom is -0.464 e. The first-order valence-electron chi connectivity index (χ1n) is 8.64. The zero-order valence-corrected chi connectivity index (χ0v) is 14.9. The number of benzene rings is 1. The molecule has 3 heterocycles. The van der Waals surface area contributed by atoms with Crippen molar-refractivity contribution in [2.45, 2.75) is 19.4 Å². The molecule has 0 spiro atoms. The number of rotatable bonds is 4. The Balaban J connectivity index is 1.80. The number of hydrazine groups is 1. The van der Waals surface area contributed by atoms with E-state index >= 15 is 0 Å². The zero-order valence-electron chi connectivity index (χ0n) is 14.9. The van der Waals surface area contributed by atoms with Gasteiger partial charge >= 0.3 is 6.09 Å². The summed E-state index contributed by atoms with van der Waals surface area (Å²) in [6.07, 6.45) is 3.91. The van der Waals surface area contributed by atoms with E-state index in [0.717, 1.165) is 5.56 Å². The Morgan fingerprint density at radius 3 is 2.79 bits per heavy atom. The van der Waals surface area contributed by atoms with E-state index < -0.39 is 12.1 Å². The Bertz CT molecular complexity index is 1030. The number of aromatic nitrogens is 4. The summed E-state index contributed by atoms with van der Waals surface area (Å²) in [5.41, 5.74) is 3.47. The molecule has 0 saturated heterocycles. The summed E-state index contributed by atoms with van der Waals surface area (Å²) >= 11 is 0. The minimum atomic E-state index is -1.29. The van der Waals surface area contributed by atoms with E-state index in [9.17, 15) is 14.7 Å². The van der Waals surface area contributed by atoms with Crippen LogP contribution in [0, 0.1) is 0 Å². The molecular formula is C18H17N7O3. The fraction of sp³-hybridized carbons (Fsp3) is 0.167. The standard InChI is InChI=1S/C18H17N7O3/c1-2-13-16(26)21-12-10-20-17(22-15(12)25(13)23-18(27)28)24-9-8-19-14(24)11-6-4-3-5-7-11/h3-10,13,23H,2H2,1H3,(H,21,26)(H,27,28). The topological polar surface area (TPSA) is 125 Å². The molecule has 0 radical (unpaired) electrons. The average molecular weight is 379 g/mol. The van der Waals surface area contributed by atoms with Crippen molar-refractivity contribution in [3.63, 3.8) is 0 Å². The molecule has 142 valence electrons. The number of carbonyl (C=O) groups is 2. The Labute approximate surface area is 159 Å². The van der Waals surface area contributed by atoms with Crippen molar-refractivity contribution >= 4 is 23.5 Å². The van der Waals surface area contributed by atoms with Gasteiger partial charge in [-0.25, -0.2) is 20.2 Å². The van der Waals surface area contributed by atoms with Gasteiger partial charge < -0.3 is 10.4 Å². The van der Waals surface area contributed by atoms with Crippen LogP contribution in [0.2, 0.25) is 0 Å². The molecule has 10 nitrogen and oxygen atoms in total. The number of amides is 2. The van der Waals surface area contributed by atoms with Crippen LogP contribution in [0.25, 0.3) is 17.3 Å². The summed E-state index contributed by atoms with van der Waals surface area (Å²) in [7, 11) is 0. The molecule has 1 unspecified atom stereocenters. The van der Waals surface area contributed by atoms with Gasteiger partial charge in [0.1, 0.15) is 17.6 Å². The third-order valence-corrected chi connectivity index (χ3v) is 4.35. The first-order chi connectivity index (χ1) is 13.6. The lowest BCUT2D eigenvalue weighted by Crippen LogP contribution is -2.56. The van der Waals surface area contributed by atoms with Crippen molar-refractivity contribution in [2.24, 2.45) is 0 Å². The fourth-order valence-electron chi connectivity index (χ4n) is 3.10. The average Bonchev–Trinajstić information content (AvgIpc) is 3.18. The third kappa shape index (κ3) is 3.00. The number of hydrogen-bond acceptors (Lipinski definition) is 6. The van der Waals surface area contributed by atoms with Crippen molar-refractivity contribution in [1.29, 1.82) is 0 Å². The van der Waals surface area contributed by atoms with Gasteiger partial charge in [0.25, 0.3) is 0 Å². The Morgan fingerprint density at radius 2 is 2.07 bits per heavy atom. The van der Waals surface area contributed by atoms with Gasteiger partial charge in [-0.2, -0.15) is 4.98 Å². The predicted octanol–water partition coefficient (Wildman–Crippen LogP) is 2.05. The highest BCUT2D eigenvalue weighted by Crippen LogP contribution is 2.30. The van der Waals surface area contributed by atoms with E-state index in [0.29, 0.717) is 23.9 Å². The van der Waals surface area contributed by atoms with Crippen molar-refractivity contribution in [3.8, 4) is 17.3 Å². The van der Waals surface area contributed by atoms with Crippen LogP contribution in [0.4, 0.5) is 16.3 Å². The number of hydrogen-bond donors (Lipinski definition) is 3. The van der Waals surface area contributed by atoms with E-state index in [1.165, 1.54) is 11.2 Å². The van der Waals surface area contributed by atoms with Gasteiger partial charge in [0.2, 0.25) is 11.9 Å². The molecule has 0 aliphatic carbocycles. The zero-order chi connectivity index (χ0) is 19.7. The van der Waals surface area contributed by atoms with Gasteiger partial charge in [-0.15, -0.1) is 0 Å². The van der Waals surface area contributed by atoms with Crippen LogP contribution in [0.1, 0.15) is 13.3 Å². The van der Waals surface area contributed by atoms with Crippen LogP contribution >= 0.6 is 0 Å². The Morgan fingerprint density at radius 1 is 1.29 bits per heavy atom. The van der Waals surface area contributed by atoms with Gasteiger partial charge in [-0.05, 0) is 6.42 Å². The second-order valence-electron chi connectivity index (χ2n) is 6.09. The van der Waals surface area contributed by atoms with Gasteiger partial charge in [0.05, 0.1) is 6.20 Å². The van der Waals surface area contributed by atoms with Crippen molar-refractivity contribution in [1.82, 2.24) is 24.9 Å². The SMILES string of the molecule is CCC1C(=O)Nc2cnc(-n3ccnc3-c3ccccc3)nc2N1NC(=O)O. The molecule has 1 atom stereocenters. The molecule has 3 aromatic rings. The predicted molar refractivity (Wildman–Crippen MR) is 101 cm³/mol. The molecule has 1 aromatic carbocycles. The summed E-state index contributed by atoms with van der Waals surface area (Å²) in [4.78, 5) is 36.7. The molecule has 0 bridgehead atoms. The van der Waals surface area contributed by atoms with E-state index in [1.54, 1.807) is 23.9 Å². The molecule has 1 aliphatic heterocycles. The first kappa shape index (κ1) is 17.5. The van der Waals surface area contributed by atoms with Gasteiger partial charge in [-0.3, -0.25) is 14.4 Å². The number of carboxylic acid groups (broad SMARTS) is 1. The molecule has 2 amide bonds. The minimum absolute atomic E-state index is 0.270. The molecule has 0 fully saturated rings. The lowest BCUT2D eigenvalue weighted by atomic mass is 10.1. The van der Waals surface area contributed by atoms with Gasteiger partial charge in [0.15, 0.2) is 5.82 Å². The number of imidazole rings is 1. The second kappa shape index (κ2) is 6.99. The maximum Gasteiger partial charge on any atom is 0.423 e. The number of anilines is 2. The third-order valence-electron chi connectivity index (χ3n) is 4.35. The molecular weight excluding hydrogens is 362 g/mol. The normalized spacial score (nSPS) is 15.7. The monoisotopic (exact) mass is 379 g/mol. The number of nitrogens with one attached hydrogen (secondary N) is 2. The highest BCUT2D eigenvalue weighted by Gasteiger charge is 2.35. The second-order valence-corrected chi connectivity index (χ2v) is 6.09. The maximum absolute atomic E-state index is 12.3.